The lowest BCUT2D eigenvalue weighted by molar-refractivity contribution is 0.231. The van der Waals surface area contributed by atoms with Gasteiger partial charge in [-0.15, -0.1) is 0 Å². The number of hydrogen-bond acceptors (Lipinski definition) is 4. The van der Waals surface area contributed by atoms with Crippen molar-refractivity contribution in [3.8, 4) is 0 Å². The van der Waals surface area contributed by atoms with Crippen LogP contribution >= 0.6 is 12.2 Å². The molecule has 0 amide bonds. The van der Waals surface area contributed by atoms with Crippen molar-refractivity contribution in [2.45, 2.75) is 12.5 Å². The van der Waals surface area contributed by atoms with Crippen molar-refractivity contribution in [1.29, 1.82) is 0 Å². The minimum Gasteiger partial charge on any atom is -0.357 e. The molecular formula is C5H10N2O3S2. The molecule has 0 aromatic rings. The van der Waals surface area contributed by atoms with E-state index in [0.717, 1.165) is 0 Å². The van der Waals surface area contributed by atoms with Crippen LogP contribution in [0.2, 0.25) is 0 Å². The van der Waals surface area contributed by atoms with Gasteiger partial charge in [-0.3, -0.25) is 5.21 Å². The van der Waals surface area contributed by atoms with Crippen LogP contribution in [-0.4, -0.2) is 36.3 Å². The Bertz CT molecular complexity index is 274. The molecule has 12 heavy (non-hydrogen) atoms. The van der Waals surface area contributed by atoms with E-state index in [1.165, 1.54) is 0 Å². The van der Waals surface area contributed by atoms with E-state index in [-0.39, 0.29) is 22.7 Å². The number of thiocarbonyl (C=S) groups is 1. The van der Waals surface area contributed by atoms with E-state index in [2.05, 4.69) is 17.5 Å². The van der Waals surface area contributed by atoms with Crippen molar-refractivity contribution in [3.63, 3.8) is 0 Å². The van der Waals surface area contributed by atoms with Gasteiger partial charge in [0.25, 0.3) is 0 Å². The van der Waals surface area contributed by atoms with Crippen molar-refractivity contribution in [2.24, 2.45) is 0 Å². The maximum Gasteiger partial charge on any atom is 0.190 e. The average molecular weight is 210 g/mol. The van der Waals surface area contributed by atoms with Gasteiger partial charge in [0.2, 0.25) is 0 Å². The van der Waals surface area contributed by atoms with E-state index in [4.69, 9.17) is 5.21 Å². The molecule has 1 atom stereocenters. The molecule has 1 fully saturated rings. The summed E-state index contributed by atoms with van der Waals surface area (Å²) in [6.07, 6.45) is 0.546. The minimum absolute atomic E-state index is 0.0668. The van der Waals surface area contributed by atoms with Gasteiger partial charge in [0.15, 0.2) is 14.9 Å². The van der Waals surface area contributed by atoms with E-state index in [1.54, 1.807) is 5.48 Å². The molecule has 0 aliphatic carbocycles. The summed E-state index contributed by atoms with van der Waals surface area (Å²) >= 11 is 4.60. The van der Waals surface area contributed by atoms with E-state index < -0.39 is 9.84 Å². The molecule has 70 valence electrons. The van der Waals surface area contributed by atoms with Gasteiger partial charge in [-0.1, -0.05) is 0 Å². The highest BCUT2D eigenvalue weighted by atomic mass is 32.2. The number of sulfone groups is 1. The van der Waals surface area contributed by atoms with Crippen molar-refractivity contribution >= 4 is 27.2 Å². The van der Waals surface area contributed by atoms with Crippen molar-refractivity contribution in [1.82, 2.24) is 10.8 Å². The first-order chi connectivity index (χ1) is 5.53. The second-order valence-corrected chi connectivity index (χ2v) is 5.32. The smallest absolute Gasteiger partial charge is 0.190 e. The van der Waals surface area contributed by atoms with Gasteiger partial charge in [0, 0.05) is 6.04 Å². The first-order valence-corrected chi connectivity index (χ1v) is 5.67. The summed E-state index contributed by atoms with van der Waals surface area (Å²) in [6.45, 7) is 0. The van der Waals surface area contributed by atoms with Crippen LogP contribution in [-0.2, 0) is 9.84 Å². The zero-order chi connectivity index (χ0) is 9.19. The molecule has 1 heterocycles. The van der Waals surface area contributed by atoms with Gasteiger partial charge < -0.3 is 5.32 Å². The summed E-state index contributed by atoms with van der Waals surface area (Å²) in [5, 5.41) is 11.1. The predicted octanol–water partition coefficient (Wildman–Crippen LogP) is -0.973. The quantitative estimate of drug-likeness (QED) is 0.382. The molecule has 0 bridgehead atoms. The molecule has 1 unspecified atom stereocenters. The Balaban J connectivity index is 2.43. The highest BCUT2D eigenvalue weighted by Gasteiger charge is 2.27. The first-order valence-electron chi connectivity index (χ1n) is 3.44. The summed E-state index contributed by atoms with van der Waals surface area (Å²) < 4.78 is 21.9. The fourth-order valence-corrected chi connectivity index (χ4v) is 2.97. The number of rotatable bonds is 1. The van der Waals surface area contributed by atoms with Crippen LogP contribution < -0.4 is 10.8 Å². The van der Waals surface area contributed by atoms with Gasteiger partial charge in [-0.25, -0.2) is 13.9 Å². The van der Waals surface area contributed by atoms with Gasteiger partial charge in [-0.2, -0.15) is 0 Å². The molecule has 0 aromatic carbocycles. The lowest BCUT2D eigenvalue weighted by Gasteiger charge is -2.10. The Morgan fingerprint density at radius 3 is 2.67 bits per heavy atom. The normalized spacial score (nSPS) is 26.6. The monoisotopic (exact) mass is 210 g/mol. The number of nitrogens with one attached hydrogen (secondary N) is 2. The standard InChI is InChI=1S/C5H10N2O3S2/c8-7-5(11)6-4-1-2-12(9,10)3-4/h4,8H,1-3H2,(H2,6,7,11). The fourth-order valence-electron chi connectivity index (χ4n) is 1.13. The molecule has 1 rings (SSSR count). The van der Waals surface area contributed by atoms with Gasteiger partial charge in [0.05, 0.1) is 11.5 Å². The van der Waals surface area contributed by atoms with E-state index in [9.17, 15) is 8.42 Å². The molecule has 0 saturated carbocycles. The Kier molecular flexibility index (Phi) is 2.86. The lowest BCUT2D eigenvalue weighted by atomic mass is 10.3. The van der Waals surface area contributed by atoms with Crippen molar-refractivity contribution in [3.05, 3.63) is 0 Å². The minimum atomic E-state index is -2.88. The zero-order valence-corrected chi connectivity index (χ0v) is 7.91. The molecule has 1 saturated heterocycles. The number of hydroxylamine groups is 1. The van der Waals surface area contributed by atoms with Crippen molar-refractivity contribution in [2.75, 3.05) is 11.5 Å². The van der Waals surface area contributed by atoms with Crippen LogP contribution in [0.4, 0.5) is 0 Å². The second kappa shape index (κ2) is 3.55. The van der Waals surface area contributed by atoms with Crippen LogP contribution in [0.5, 0.6) is 0 Å². The summed E-state index contributed by atoms with van der Waals surface area (Å²) in [4.78, 5) is 0. The third-order valence-electron chi connectivity index (χ3n) is 1.67. The zero-order valence-electron chi connectivity index (χ0n) is 6.28. The first kappa shape index (κ1) is 9.69. The van der Waals surface area contributed by atoms with Gasteiger partial charge >= 0.3 is 0 Å². The highest BCUT2D eigenvalue weighted by Crippen LogP contribution is 2.10. The second-order valence-electron chi connectivity index (χ2n) is 2.69. The summed E-state index contributed by atoms with van der Waals surface area (Å²) in [7, 11) is -2.88. The molecule has 5 nitrogen and oxygen atoms in total. The maximum atomic E-state index is 10.9. The third kappa shape index (κ3) is 2.58. The Morgan fingerprint density at radius 1 is 1.58 bits per heavy atom. The summed E-state index contributed by atoms with van der Waals surface area (Å²) in [5.41, 5.74) is 1.74. The molecule has 1 aliphatic rings. The summed E-state index contributed by atoms with van der Waals surface area (Å²) in [6, 6.07) is -0.165. The molecule has 3 N–H and O–H groups in total. The largest absolute Gasteiger partial charge is 0.357 e. The molecule has 0 aromatic heterocycles. The van der Waals surface area contributed by atoms with Crippen LogP contribution in [0.25, 0.3) is 0 Å². The van der Waals surface area contributed by atoms with Crippen LogP contribution in [0, 0.1) is 0 Å². The average Bonchev–Trinajstić information content (AvgIpc) is 2.30. The van der Waals surface area contributed by atoms with E-state index in [0.29, 0.717) is 6.42 Å². The molecule has 7 heteroatoms. The number of hydrogen-bond donors (Lipinski definition) is 3. The van der Waals surface area contributed by atoms with Gasteiger partial charge in [0.1, 0.15) is 0 Å². The lowest BCUT2D eigenvalue weighted by Crippen LogP contribution is -2.41. The molecule has 1 aliphatic heterocycles. The topological polar surface area (TPSA) is 78.4 Å². The van der Waals surface area contributed by atoms with Crippen molar-refractivity contribution < 1.29 is 13.6 Å². The highest BCUT2D eigenvalue weighted by molar-refractivity contribution is 7.91. The molecule has 0 spiro atoms. The van der Waals surface area contributed by atoms with Crippen LogP contribution in [0.3, 0.4) is 0 Å². The maximum absolute atomic E-state index is 10.9. The van der Waals surface area contributed by atoms with E-state index in [1.807, 2.05) is 0 Å². The third-order valence-corrected chi connectivity index (χ3v) is 3.65. The SMILES string of the molecule is O=S1(=O)CCC(NC(=S)NO)C1. The Morgan fingerprint density at radius 2 is 2.25 bits per heavy atom. The Hall–Kier alpha value is -0.400. The van der Waals surface area contributed by atoms with E-state index >= 15 is 0 Å². The van der Waals surface area contributed by atoms with Crippen LogP contribution in [0.15, 0.2) is 0 Å². The molecule has 0 radical (unpaired) electrons. The fraction of sp³-hybridized carbons (Fsp3) is 0.800. The van der Waals surface area contributed by atoms with Crippen LogP contribution in [0.1, 0.15) is 6.42 Å². The Labute approximate surface area is 76.0 Å². The summed E-state index contributed by atoms with van der Waals surface area (Å²) in [5.74, 6) is 0.285. The van der Waals surface area contributed by atoms with Gasteiger partial charge in [-0.05, 0) is 18.6 Å². The predicted molar refractivity (Wildman–Crippen MR) is 47.7 cm³/mol. The molecular weight excluding hydrogens is 200 g/mol.